The molecule has 16 nitrogen and oxygen atoms in total. The van der Waals surface area contributed by atoms with Crippen molar-refractivity contribution in [1.82, 2.24) is 35.0 Å². The van der Waals surface area contributed by atoms with Gasteiger partial charge in [-0.2, -0.15) is 5.10 Å². The van der Waals surface area contributed by atoms with E-state index in [1.54, 1.807) is 17.0 Å². The first-order chi connectivity index (χ1) is 30.5. The van der Waals surface area contributed by atoms with E-state index in [2.05, 4.69) is 39.2 Å². The summed E-state index contributed by atoms with van der Waals surface area (Å²) in [6, 6.07) is 7.45. The molecule has 1 aromatic carbocycles. The van der Waals surface area contributed by atoms with E-state index in [0.717, 1.165) is 68.7 Å². The summed E-state index contributed by atoms with van der Waals surface area (Å²) in [5.41, 5.74) is 1.37. The van der Waals surface area contributed by atoms with Crippen LogP contribution in [0.25, 0.3) is 10.9 Å². The van der Waals surface area contributed by atoms with Gasteiger partial charge in [0.25, 0.3) is 0 Å². The van der Waals surface area contributed by atoms with E-state index in [0.29, 0.717) is 49.6 Å². The number of pyridine rings is 1. The number of halogens is 1. The molecule has 18 heteroatoms. The maximum absolute atomic E-state index is 15.1. The van der Waals surface area contributed by atoms with E-state index in [-0.39, 0.29) is 30.9 Å². The molecule has 0 radical (unpaired) electrons. The van der Waals surface area contributed by atoms with Crippen LogP contribution in [0.4, 0.5) is 4.79 Å². The van der Waals surface area contributed by atoms with Gasteiger partial charge in [0.05, 0.1) is 6.54 Å². The number of hydrogen-bond acceptors (Lipinski definition) is 11. The third-order valence-electron chi connectivity index (χ3n) is 13.3. The van der Waals surface area contributed by atoms with Gasteiger partial charge in [0, 0.05) is 12.4 Å². The molecular weight excluding hydrogens is 942 g/mol. The molecule has 3 aliphatic carbocycles. The molecule has 3 N–H and O–H groups in total. The predicted octanol–water partition coefficient (Wildman–Crippen LogP) is 1.28. The number of allylic oxidation sites excluding steroid dienone is 2. The number of fused-ring (bicyclic) bond motifs is 5. The molecule has 4 amide bonds. The van der Waals surface area contributed by atoms with Crippen molar-refractivity contribution in [2.24, 2.45) is 11.8 Å². The number of alkyl halides is 2. The first-order valence-electron chi connectivity index (χ1n) is 22.3. The average molecular weight is 997 g/mol. The summed E-state index contributed by atoms with van der Waals surface area (Å²) in [5.74, 6) is -0.894. The van der Waals surface area contributed by atoms with Gasteiger partial charge in [0.1, 0.15) is 0 Å². The van der Waals surface area contributed by atoms with Crippen molar-refractivity contribution in [2.45, 2.75) is 127 Å². The molecular formula is C45H55IN7O9S-. The van der Waals surface area contributed by atoms with Gasteiger partial charge in [-0.05, 0) is 31.7 Å². The summed E-state index contributed by atoms with van der Waals surface area (Å²) in [5, 5.41) is 10.4. The summed E-state index contributed by atoms with van der Waals surface area (Å²) in [6.45, 7) is 4.68. The number of carbonyl (C=O) groups excluding carboxylic acids is 4. The molecule has 2 bridgehead atoms. The Bertz CT molecular complexity index is 2370. The molecule has 6 aliphatic rings. The van der Waals surface area contributed by atoms with Crippen LogP contribution in [-0.4, -0.2) is 102 Å². The van der Waals surface area contributed by atoms with E-state index in [1.807, 2.05) is 36.5 Å². The molecule has 5 heterocycles. The van der Waals surface area contributed by atoms with E-state index in [9.17, 15) is 22.8 Å². The molecule has 3 aromatic rings. The number of nitrogens with one attached hydrogen (secondary N) is 3. The van der Waals surface area contributed by atoms with Gasteiger partial charge in [-0.1, -0.05) is 6.07 Å². The number of hydrogen-bond donors (Lipinski definition) is 3. The van der Waals surface area contributed by atoms with Gasteiger partial charge >= 0.3 is 313 Å². The Balaban J connectivity index is 1.07. The van der Waals surface area contributed by atoms with Crippen molar-refractivity contribution in [1.29, 1.82) is 0 Å². The van der Waals surface area contributed by atoms with E-state index >= 15 is 4.79 Å². The van der Waals surface area contributed by atoms with E-state index in [4.69, 9.17) is 19.2 Å². The van der Waals surface area contributed by atoms with Gasteiger partial charge in [-0.25, -0.2) is 0 Å². The fourth-order valence-electron chi connectivity index (χ4n) is 9.73. The molecule has 63 heavy (non-hydrogen) atoms. The number of aromatic nitrogens is 3. The number of ether oxygens (including phenoxy) is 3. The molecule has 9 rings (SSSR count). The summed E-state index contributed by atoms with van der Waals surface area (Å²) in [6.07, 6.45) is 16.6. The number of alkyl carbamates (subject to hydrolysis) is 1. The quantitative estimate of drug-likeness (QED) is 0.108. The van der Waals surface area contributed by atoms with Crippen molar-refractivity contribution >= 4 is 44.7 Å². The Morgan fingerprint density at radius 2 is 1.83 bits per heavy atom. The zero-order chi connectivity index (χ0) is 43.7. The minimum absolute atomic E-state index is 0.0178. The monoisotopic (exact) mass is 996 g/mol. The van der Waals surface area contributed by atoms with Crippen molar-refractivity contribution in [2.75, 3.05) is 13.2 Å². The van der Waals surface area contributed by atoms with Crippen LogP contribution in [0.5, 0.6) is 11.6 Å². The molecule has 338 valence electrons. The number of benzene rings is 1. The van der Waals surface area contributed by atoms with Crippen LogP contribution in [0.2, 0.25) is 0 Å². The molecule has 2 aromatic heterocycles. The van der Waals surface area contributed by atoms with Crippen LogP contribution in [0, 0.1) is 11.8 Å². The average Bonchev–Trinajstić information content (AvgIpc) is 3.85. The zero-order valence-electron chi connectivity index (χ0n) is 35.2. The van der Waals surface area contributed by atoms with Crippen LogP contribution in [-0.2, 0) is 42.1 Å². The first kappa shape index (κ1) is 43.5. The summed E-state index contributed by atoms with van der Waals surface area (Å²) in [7, 11) is -3.90. The van der Waals surface area contributed by atoms with Gasteiger partial charge in [0.2, 0.25) is 0 Å². The second kappa shape index (κ2) is 18.4. The number of para-hydroxylation sites is 1. The van der Waals surface area contributed by atoms with Crippen molar-refractivity contribution < 1.29 is 63.0 Å². The second-order valence-corrected chi connectivity index (χ2v) is 23.1. The molecule has 3 saturated carbocycles. The standard InChI is InChI=1S/C45H55IN7O9S/c1-2-37-45(46-37,43(56)51-63(58,59)31-20-21-31)50-40(54)35-26-30-27-53(35)42(55)38(29-13-6-7-14-29)49-44(57)62-36-19-10-15-28(36)12-4-3-5-17-33-39(60-25-24-52-23-11-22-47-52)32-16-8-9-18-34(32)48-41(33)61-30/h2-3,5,8-9,11,16,18,22-23,28-31,35-38H,1,4,6-7,10,12-15,17,19-21,24-27H2,(H,49,57)(H,50,54)(H,51,56)/q-1/b5-3+/t28-,30-,35+,36-,37+,38+,45-/m1/s1. The zero-order valence-corrected chi connectivity index (χ0v) is 38.1. The van der Waals surface area contributed by atoms with Gasteiger partial charge in [-0.3, -0.25) is 4.68 Å². The summed E-state index contributed by atoms with van der Waals surface area (Å²) < 4.78 is 47.5. The Hall–Kier alpha value is -4.72. The molecule has 3 aliphatic heterocycles. The van der Waals surface area contributed by atoms with Gasteiger partial charge in [-0.15, -0.1) is 0 Å². The third-order valence-corrected chi connectivity index (χ3v) is 18.9. The normalized spacial score (nSPS) is 29.7. The molecule has 0 unspecified atom stereocenters. The van der Waals surface area contributed by atoms with Crippen LogP contribution >= 0.6 is 0 Å². The van der Waals surface area contributed by atoms with Gasteiger partial charge in [0.15, 0.2) is 0 Å². The van der Waals surface area contributed by atoms with Crippen LogP contribution in [0.3, 0.4) is 0 Å². The molecule has 7 atom stereocenters. The first-order valence-corrected chi connectivity index (χ1v) is 26.2. The predicted molar refractivity (Wildman–Crippen MR) is 228 cm³/mol. The summed E-state index contributed by atoms with van der Waals surface area (Å²) in [4.78, 5) is 63.8. The Morgan fingerprint density at radius 3 is 2.59 bits per heavy atom. The van der Waals surface area contributed by atoms with Crippen molar-refractivity contribution in [3.05, 3.63) is 73.1 Å². The van der Waals surface area contributed by atoms with Crippen molar-refractivity contribution in [3.8, 4) is 11.6 Å². The Kier molecular flexibility index (Phi) is 12.7. The Labute approximate surface area is 377 Å². The number of carbonyl (C=O) groups is 4. The Morgan fingerprint density at radius 1 is 1.02 bits per heavy atom. The number of rotatable bonds is 11. The second-order valence-electron chi connectivity index (χ2n) is 17.5. The molecule has 0 spiro atoms. The van der Waals surface area contributed by atoms with E-state index in [1.165, 1.54) is 4.90 Å². The third kappa shape index (κ3) is 9.42. The minimum atomic E-state index is -3.90. The fraction of sp³-hybridized carbons (Fsp3) is 0.556. The summed E-state index contributed by atoms with van der Waals surface area (Å²) >= 11 is -1.06. The topological polar surface area (TPSA) is 200 Å². The number of nitrogens with zero attached hydrogens (tertiary/aromatic N) is 4. The maximum atomic E-state index is 15.1. The van der Waals surface area contributed by atoms with E-state index < -0.39 is 86.0 Å². The van der Waals surface area contributed by atoms with Crippen molar-refractivity contribution in [3.63, 3.8) is 0 Å². The molecule has 2 saturated heterocycles. The number of amides is 4. The van der Waals surface area contributed by atoms with Crippen LogP contribution < -0.4 is 46.0 Å². The van der Waals surface area contributed by atoms with Gasteiger partial charge < -0.3 is 0 Å². The number of sulfonamides is 1. The van der Waals surface area contributed by atoms with Crippen LogP contribution in [0.1, 0.15) is 82.6 Å². The SMILES string of the molecule is C=C[C@@H]1[I-][C@]1(NC(=O)[C@@H]1C[C@@H]2CN1C(=O)[C@H](C1CCCC1)NC(=O)O[C@@H]1CCC[C@H]1CC/C=C/Cc1c(nc3ccccc3c1OCCn1cccn1)O2)C(=O)NS(=O)(=O)C1CC1. The fourth-order valence-corrected chi connectivity index (χ4v) is 13.9. The van der Waals surface area contributed by atoms with Crippen LogP contribution in [0.15, 0.2) is 67.5 Å². The molecule has 5 fully saturated rings.